The van der Waals surface area contributed by atoms with Gasteiger partial charge in [0.1, 0.15) is 0 Å². The van der Waals surface area contributed by atoms with Crippen LogP contribution in [-0.4, -0.2) is 52.9 Å². The number of nitrogens with two attached hydrogens (primary N) is 1. The van der Waals surface area contributed by atoms with Crippen molar-refractivity contribution in [1.29, 1.82) is 0 Å². The van der Waals surface area contributed by atoms with Gasteiger partial charge in [-0.05, 0) is 6.04 Å². The van der Waals surface area contributed by atoms with Crippen molar-refractivity contribution in [1.82, 2.24) is 4.98 Å². The van der Waals surface area contributed by atoms with Gasteiger partial charge in [-0.25, -0.2) is 19.4 Å². The molecule has 1 radical (unpaired) electrons. The molecule has 0 bridgehead atoms. The summed E-state index contributed by atoms with van der Waals surface area (Å²) in [6.07, 6.45) is 2.15. The smallest absolute Gasteiger partial charge is 0.547 e. The number of hydrogen-bond donors (Lipinski definition) is 1. The zero-order chi connectivity index (χ0) is 21.0. The van der Waals surface area contributed by atoms with Crippen LogP contribution in [0.15, 0.2) is 18.2 Å². The number of hydrogen-bond acceptors (Lipinski definition) is 7. The fourth-order valence-corrected chi connectivity index (χ4v) is 2.40. The van der Waals surface area contributed by atoms with Gasteiger partial charge in [0.15, 0.2) is 0 Å². The molecule has 0 saturated carbocycles. The quantitative estimate of drug-likeness (QED) is 0.220. The molecule has 0 aliphatic heterocycles. The van der Waals surface area contributed by atoms with Gasteiger partial charge in [-0.3, -0.25) is 17.9 Å². The zero-order valence-electron chi connectivity index (χ0n) is 17.9. The van der Waals surface area contributed by atoms with Crippen molar-refractivity contribution >= 4 is 27.6 Å². The van der Waals surface area contributed by atoms with Crippen molar-refractivity contribution in [2.45, 2.75) is 6.04 Å². The van der Waals surface area contributed by atoms with Gasteiger partial charge in [0.2, 0.25) is 0 Å². The molecule has 0 aromatic carbocycles. The van der Waals surface area contributed by atoms with Crippen LogP contribution >= 0.6 is 0 Å². The Morgan fingerprint density at radius 3 is 1.83 bits per heavy atom. The monoisotopic (exact) mass is 397 g/mol. The topological polar surface area (TPSA) is 109 Å². The van der Waals surface area contributed by atoms with Crippen molar-refractivity contribution in [2.75, 3.05) is 20.3 Å². The van der Waals surface area contributed by atoms with E-state index in [0.29, 0.717) is 30.6 Å². The summed E-state index contributed by atoms with van der Waals surface area (Å²) in [5.41, 5.74) is 1.88. The van der Waals surface area contributed by atoms with Gasteiger partial charge in [-0.2, -0.15) is 12.1 Å². The molecule has 0 aliphatic rings. The number of nitrogens with zero attached hydrogens (tertiary/aromatic N) is 1. The number of carbonyl (C=O) groups excluding carboxylic acids is 3. The molecule has 147 valence electrons. The van der Waals surface area contributed by atoms with E-state index in [0.717, 1.165) is 11.6 Å². The van der Waals surface area contributed by atoms with Gasteiger partial charge >= 0.3 is 56.6 Å². The van der Waals surface area contributed by atoms with E-state index in [-0.39, 0.29) is 62.2 Å². The van der Waals surface area contributed by atoms with Crippen LogP contribution in [-0.2, 0) is 25.1 Å². The third-order valence-corrected chi connectivity index (χ3v) is 3.71. The van der Waals surface area contributed by atoms with Crippen LogP contribution in [0.4, 0.5) is 4.79 Å². The van der Waals surface area contributed by atoms with Crippen LogP contribution in [0, 0.1) is 34.3 Å². The first kappa shape index (κ1) is 42.5. The molecule has 7 nitrogen and oxygen atoms in total. The van der Waals surface area contributed by atoms with Crippen LogP contribution < -0.4 is 62.0 Å². The summed E-state index contributed by atoms with van der Waals surface area (Å²) in [5, 5.41) is 5.73. The Kier molecular flexibility index (Phi) is 46.9. The van der Waals surface area contributed by atoms with Gasteiger partial charge in [-0.15, -0.1) is 11.4 Å². The van der Waals surface area contributed by atoms with Crippen LogP contribution in [0.2, 0.25) is 0 Å². The number of rotatable bonds is 6. The summed E-state index contributed by atoms with van der Waals surface area (Å²) >= 11 is 0. The minimum atomic E-state index is -1.65. The second-order valence-electron chi connectivity index (χ2n) is 4.05. The third-order valence-electron chi connectivity index (χ3n) is 2.19. The first-order chi connectivity index (χ1) is 12.4. The summed E-state index contributed by atoms with van der Waals surface area (Å²) in [6, 6.07) is 4.11. The molecule has 0 atom stereocenters. The number of carbonyl (C=O) groups is 1. The number of aromatic nitrogens is 1. The van der Waals surface area contributed by atoms with Crippen molar-refractivity contribution < 1.29 is 80.4 Å². The Morgan fingerprint density at radius 1 is 1.21 bits per heavy atom. The predicted octanol–water partition coefficient (Wildman–Crippen LogP) is -7.68. The van der Waals surface area contributed by atoms with Crippen LogP contribution in [0.25, 0.3) is 0 Å². The maximum absolute atomic E-state index is 11.1. The van der Waals surface area contributed by atoms with Crippen LogP contribution in [0.3, 0.4) is 0 Å². The first-order valence-corrected chi connectivity index (χ1v) is 8.79. The fraction of sp³-hybridized carbons (Fsp3) is 0.222. The van der Waals surface area contributed by atoms with Crippen LogP contribution in [0.1, 0.15) is 17.0 Å². The van der Waals surface area contributed by atoms with Crippen molar-refractivity contribution in [3.63, 3.8) is 0 Å². The van der Waals surface area contributed by atoms with E-state index in [2.05, 4.69) is 55.5 Å². The van der Waals surface area contributed by atoms with E-state index in [1.807, 2.05) is 0 Å². The number of pyridine rings is 1. The molecular formula is C18H24Li3N2O5Si-4. The molecule has 29 heavy (non-hydrogen) atoms. The molecule has 0 fully saturated rings. The predicted molar refractivity (Wildman–Crippen MR) is 102 cm³/mol. The first-order valence-electron chi connectivity index (χ1n) is 7.01. The number of ether oxygens (including phenoxy) is 2. The molecule has 1 heterocycles. The molecule has 1 aromatic heterocycles. The van der Waals surface area contributed by atoms with E-state index >= 15 is 0 Å². The van der Waals surface area contributed by atoms with Gasteiger partial charge < -0.3 is 55.9 Å². The molecule has 0 aliphatic carbocycles. The Balaban J connectivity index is -0.0000000802. The normalized spacial score (nSPS) is 7.62. The Morgan fingerprint density at radius 2 is 1.59 bits per heavy atom. The zero-order valence-corrected chi connectivity index (χ0v) is 18.9. The molecule has 2 N–H and O–H groups in total. The van der Waals surface area contributed by atoms with Gasteiger partial charge in [-0.1, -0.05) is 13.2 Å². The summed E-state index contributed by atoms with van der Waals surface area (Å²) < 4.78 is 9.19. The van der Waals surface area contributed by atoms with Gasteiger partial charge in [0.05, 0.1) is 7.11 Å². The molecule has 0 saturated heterocycles. The standard InChI is InChI=1S/C10H13N2O2Si.C4H8O.C3H2O.CHO.3Li/c1-7-4-9(5-8(2)12-7)6-15(11)10(13)14-3;1-3-5-4-2;1-2-3-4;1-2;;;/h4-5H,1-2,6,11H2,3H3;1-4H2;1-2H;1H;;;/q3*-2;-1;3*+1. The van der Waals surface area contributed by atoms with Gasteiger partial charge in [0, 0.05) is 0 Å². The Hall–Kier alpha value is -0.631. The van der Waals surface area contributed by atoms with E-state index in [9.17, 15) is 4.79 Å². The molecule has 0 spiro atoms. The summed E-state index contributed by atoms with van der Waals surface area (Å²) in [7, 11) is -0.309. The van der Waals surface area contributed by atoms with E-state index in [1.165, 1.54) is 13.4 Å². The maximum Gasteiger partial charge on any atom is 1.00 e. The third kappa shape index (κ3) is 29.7. The van der Waals surface area contributed by atoms with E-state index in [1.54, 1.807) is 12.1 Å². The molecule has 0 amide bonds. The minimum absolute atomic E-state index is 0. The van der Waals surface area contributed by atoms with Crippen molar-refractivity contribution in [2.24, 2.45) is 5.40 Å². The second kappa shape index (κ2) is 32.0. The second-order valence-corrected chi connectivity index (χ2v) is 5.86. The summed E-state index contributed by atoms with van der Waals surface area (Å²) in [4.78, 5) is 31.8. The molecule has 1 aromatic rings. The number of methoxy groups -OCH3 is 1. The molecular weight excluding hydrogens is 373 g/mol. The van der Waals surface area contributed by atoms with Gasteiger partial charge in [0.25, 0.3) is 14.6 Å². The Bertz CT molecular complexity index is 498. The summed E-state index contributed by atoms with van der Waals surface area (Å²) in [5.74, 6) is 0. The summed E-state index contributed by atoms with van der Waals surface area (Å²) in [6.45, 7) is 23.1. The van der Waals surface area contributed by atoms with Crippen LogP contribution in [0.5, 0.6) is 0 Å². The number of allylic oxidation sites excluding steroid dienone is 1. The largest absolute Gasteiger partial charge is 1.00 e. The van der Waals surface area contributed by atoms with E-state index < -0.39 is 8.96 Å². The molecule has 0 unspecified atom stereocenters. The minimum Gasteiger partial charge on any atom is -0.547 e. The Labute approximate surface area is 213 Å². The van der Waals surface area contributed by atoms with Crippen molar-refractivity contribution in [3.05, 3.63) is 69.4 Å². The average molecular weight is 397 g/mol. The van der Waals surface area contributed by atoms with E-state index in [4.69, 9.17) is 15.0 Å². The van der Waals surface area contributed by atoms with Crippen molar-refractivity contribution in [3.8, 4) is 0 Å². The maximum atomic E-state index is 11.1. The molecule has 11 heteroatoms. The fourth-order valence-electron chi connectivity index (χ4n) is 1.35. The average Bonchev–Trinajstić information content (AvgIpc) is 2.63. The molecule has 1 rings (SSSR count). The SMILES string of the molecule is [CH-]=C[C-]=O.[CH-]=O.[CH2-]COC[CH2-].[CH2-]c1cc(C[Si](N)C(=O)OC)cc([CH2-])n1.[Li+].[Li+].[Li+].